The Labute approximate surface area is 244 Å². The van der Waals surface area contributed by atoms with Gasteiger partial charge in [0.15, 0.2) is 0 Å². The fourth-order valence-corrected chi connectivity index (χ4v) is 8.08. The van der Waals surface area contributed by atoms with E-state index in [9.17, 15) is 0 Å². The van der Waals surface area contributed by atoms with Crippen molar-refractivity contribution in [2.45, 2.75) is 20.8 Å². The highest BCUT2D eigenvalue weighted by Gasteiger charge is 2.50. The number of rotatable bonds is 12. The van der Waals surface area contributed by atoms with E-state index in [0.29, 0.717) is 64.0 Å². The van der Waals surface area contributed by atoms with Gasteiger partial charge < -0.3 is 0 Å². The lowest BCUT2D eigenvalue weighted by Gasteiger charge is -2.44. The summed E-state index contributed by atoms with van der Waals surface area (Å²) in [5.74, 6) is 0. The quantitative estimate of drug-likeness (QED) is 0.289. The van der Waals surface area contributed by atoms with Gasteiger partial charge >= 0.3 is 0 Å². The molecular formula is C14H37B22N. The zero-order valence-electron chi connectivity index (χ0n) is 26.8. The highest BCUT2D eigenvalue weighted by atomic mass is 14.7. The van der Waals surface area contributed by atoms with Crippen LogP contribution in [-0.2, 0) is 0 Å². The Morgan fingerprint density at radius 2 is 1.11 bits per heavy atom. The molecule has 1 aromatic carbocycles. The summed E-state index contributed by atoms with van der Waals surface area (Å²) in [4.78, 5) is 4.98. The van der Waals surface area contributed by atoms with Gasteiger partial charge in [-0.2, -0.15) is 0 Å². The molecule has 37 heavy (non-hydrogen) atoms. The molecule has 1 heterocycles. The molecule has 0 spiro atoms. The standard InChI is InChI=1S/C14H37B22N/c1-9-4-11(3)37-14(7-9)12-5-10(2)6-13(8-12)27(34(29(18)19)30(20)21)35(33(26-15)28(16)17)36(31(22)23)32(24)25/h4-8,26H,15-25H2,1-3H3. The molecule has 0 radical (unpaired) electrons. The lowest BCUT2D eigenvalue weighted by atomic mass is 8.39. The number of hydrogen-bond acceptors (Lipinski definition) is 1. The van der Waals surface area contributed by atoms with Crippen LogP contribution in [0.15, 0.2) is 30.3 Å². The molecule has 0 saturated carbocycles. The highest BCUT2D eigenvalue weighted by Crippen LogP contribution is 2.21. The highest BCUT2D eigenvalue weighted by molar-refractivity contribution is 8.18. The van der Waals surface area contributed by atoms with Crippen molar-refractivity contribution < 1.29 is 0 Å². The summed E-state index contributed by atoms with van der Waals surface area (Å²) >= 11 is 0. The van der Waals surface area contributed by atoms with E-state index in [4.69, 9.17) is 4.98 Å². The van der Waals surface area contributed by atoms with Crippen molar-refractivity contribution in [2.75, 3.05) is 0 Å². The SMILES string of the molecule is BBB(B(B)B)B(B(B(B)B)B(B)B)B(B(B(B)B)B(B)B)c1cc(C)cc(-c2cc(C)cc(C)n2)c1. The van der Waals surface area contributed by atoms with E-state index in [-0.39, 0.29) is 0 Å². The zero-order valence-corrected chi connectivity index (χ0v) is 26.8. The van der Waals surface area contributed by atoms with Crippen molar-refractivity contribution in [1.29, 1.82) is 0 Å². The molecule has 0 N–H and O–H groups in total. The maximum Gasteiger partial charge on any atom is 0.0806 e. The van der Waals surface area contributed by atoms with Crippen LogP contribution in [0, 0.1) is 20.8 Å². The Kier molecular flexibility index (Phi) is 12.9. The van der Waals surface area contributed by atoms with E-state index in [1.807, 2.05) is 0 Å². The van der Waals surface area contributed by atoms with Crippen LogP contribution in [-0.4, -0.2) is 161 Å². The molecule has 0 atom stereocenters. The molecule has 0 fully saturated rings. The van der Waals surface area contributed by atoms with Crippen LogP contribution in [0.2, 0.25) is 0 Å². The van der Waals surface area contributed by atoms with Crippen LogP contribution < -0.4 is 5.46 Å². The van der Waals surface area contributed by atoms with Crippen molar-refractivity contribution in [1.82, 2.24) is 4.98 Å². The normalized spacial score (nSPS) is 10.1. The van der Waals surface area contributed by atoms with E-state index < -0.39 is 0 Å². The van der Waals surface area contributed by atoms with Gasteiger partial charge in [0.05, 0.1) is 97.3 Å². The number of nitrogens with zero attached hydrogens (tertiary/aromatic N) is 1. The Bertz CT molecular complexity index is 979. The molecule has 1 nitrogen and oxygen atoms in total. The van der Waals surface area contributed by atoms with Gasteiger partial charge in [-0.25, -0.2) is 0 Å². The van der Waals surface area contributed by atoms with Gasteiger partial charge in [0.1, 0.15) is 0 Å². The molecule has 0 aliphatic heterocycles. The molecule has 0 bridgehead atoms. The van der Waals surface area contributed by atoms with Gasteiger partial charge in [0, 0.05) is 70.2 Å². The number of hydrogen-bond donors (Lipinski definition) is 0. The smallest absolute Gasteiger partial charge is 0.0806 e. The molecule has 23 heteroatoms. The minimum absolute atomic E-state index is 0.520. The average molecular weight is 457 g/mol. The summed E-state index contributed by atoms with van der Waals surface area (Å²) in [5, 5.41) is 0. The monoisotopic (exact) mass is 461 g/mol. The predicted molar refractivity (Wildman–Crippen MR) is 222 cm³/mol. The first-order valence-electron chi connectivity index (χ1n) is 15.3. The zero-order chi connectivity index (χ0) is 28.2. The molecule has 0 aliphatic carbocycles. The summed E-state index contributed by atoms with van der Waals surface area (Å²) in [6.45, 7) is 7.10. The van der Waals surface area contributed by atoms with Crippen molar-refractivity contribution >= 4 is 162 Å². The molecule has 2 aromatic rings. The fraction of sp³-hybridized carbons (Fsp3) is 0.214. The van der Waals surface area contributed by atoms with E-state index in [0.717, 1.165) is 11.4 Å². The molecule has 0 amide bonds. The maximum absolute atomic E-state index is 4.98. The lowest BCUT2D eigenvalue weighted by Crippen LogP contribution is -2.84. The molecule has 1 aromatic heterocycles. The molecule has 2 rings (SSSR count). The van der Waals surface area contributed by atoms with Crippen molar-refractivity contribution in [2.24, 2.45) is 0 Å². The van der Waals surface area contributed by atoms with Crippen molar-refractivity contribution in [3.8, 4) is 11.3 Å². The van der Waals surface area contributed by atoms with Crippen LogP contribution in [0.25, 0.3) is 11.3 Å². The van der Waals surface area contributed by atoms with E-state index >= 15 is 0 Å². The number of aryl methyl sites for hydroxylation is 3. The summed E-state index contributed by atoms with van der Waals surface area (Å²) in [5.41, 5.74) is 7.67. The van der Waals surface area contributed by atoms with Crippen molar-refractivity contribution in [3.63, 3.8) is 0 Å². The first-order chi connectivity index (χ1) is 17.2. The number of pyridine rings is 1. The molecule has 0 unspecified atom stereocenters. The maximum atomic E-state index is 4.98. The molecule has 0 aliphatic rings. The summed E-state index contributed by atoms with van der Waals surface area (Å²) in [7, 11) is 28.4. The summed E-state index contributed by atoms with van der Waals surface area (Å²) < 4.78 is 0. The second-order valence-electron chi connectivity index (χ2n) is 13.9. The summed E-state index contributed by atoms with van der Waals surface area (Å²) in [6.07, 6.45) is 5.88. The van der Waals surface area contributed by atoms with Crippen LogP contribution in [0.5, 0.6) is 0 Å². The largest absolute Gasteiger partial charge is 0.253 e. The Morgan fingerprint density at radius 1 is 0.595 bits per heavy atom. The second kappa shape index (κ2) is 14.4. The molecule has 164 valence electrons. The van der Waals surface area contributed by atoms with Crippen molar-refractivity contribution in [3.05, 3.63) is 47.2 Å². The first kappa shape index (κ1) is 33.0. The molecular weight excluding hydrogens is 420 g/mol. The molecule has 0 saturated heterocycles. The minimum Gasteiger partial charge on any atom is -0.253 e. The second-order valence-corrected chi connectivity index (χ2v) is 13.9. The van der Waals surface area contributed by atoms with Gasteiger partial charge in [-0.1, -0.05) is 23.2 Å². The summed E-state index contributed by atoms with van der Waals surface area (Å²) in [6, 6.07) is 11.8. The third kappa shape index (κ3) is 8.39. The van der Waals surface area contributed by atoms with Crippen LogP contribution in [0.1, 0.15) is 16.8 Å². The van der Waals surface area contributed by atoms with E-state index in [2.05, 4.69) is 136 Å². The first-order valence-corrected chi connectivity index (χ1v) is 15.3. The van der Waals surface area contributed by atoms with Gasteiger partial charge in [0.2, 0.25) is 0 Å². The topological polar surface area (TPSA) is 12.9 Å². The third-order valence-corrected chi connectivity index (χ3v) is 9.05. The number of aromatic nitrogens is 1. The number of benzene rings is 1. The average Bonchev–Trinajstić information content (AvgIpc) is 2.74. The van der Waals surface area contributed by atoms with Gasteiger partial charge in [0.25, 0.3) is 0 Å². The van der Waals surface area contributed by atoms with Crippen LogP contribution in [0.4, 0.5) is 0 Å². The Hall–Kier alpha value is -0.201. The third-order valence-electron chi connectivity index (χ3n) is 9.05. The minimum atomic E-state index is 0.520. The van der Waals surface area contributed by atoms with Gasteiger partial charge in [-0.3, -0.25) is 4.98 Å². The Morgan fingerprint density at radius 3 is 1.54 bits per heavy atom. The lowest BCUT2D eigenvalue weighted by molar-refractivity contribution is 1.18. The van der Waals surface area contributed by atoms with Gasteiger partial charge in [-0.15, -0.1) is 0 Å². The van der Waals surface area contributed by atoms with Crippen LogP contribution in [0.3, 0.4) is 0 Å². The van der Waals surface area contributed by atoms with Crippen LogP contribution >= 0.6 is 0 Å². The van der Waals surface area contributed by atoms with Gasteiger partial charge in [-0.05, 0) is 50.1 Å². The Balaban J connectivity index is 2.93. The predicted octanol–water partition coefficient (Wildman–Crippen LogP) is -11.7. The fourth-order valence-electron chi connectivity index (χ4n) is 8.08. The van der Waals surface area contributed by atoms with E-state index in [1.54, 1.807) is 5.46 Å². The van der Waals surface area contributed by atoms with E-state index in [1.165, 1.54) is 23.8 Å².